The molecule has 10 heteroatoms. The number of nitrogens with zero attached hydrogens (tertiary/aromatic N) is 3. The second kappa shape index (κ2) is 8.75. The summed E-state index contributed by atoms with van der Waals surface area (Å²) in [5.41, 5.74) is 1.65. The lowest BCUT2D eigenvalue weighted by Crippen LogP contribution is -2.42. The lowest BCUT2D eigenvalue weighted by molar-refractivity contribution is 0.0412. The number of hydrogen-bond donors (Lipinski definition) is 2. The van der Waals surface area contributed by atoms with Crippen LogP contribution in [0.4, 0.5) is 4.79 Å². The first-order valence-electron chi connectivity index (χ1n) is 10.7. The van der Waals surface area contributed by atoms with Gasteiger partial charge in [0, 0.05) is 41.2 Å². The third-order valence-corrected chi connectivity index (χ3v) is 5.81. The first-order chi connectivity index (χ1) is 15.8. The van der Waals surface area contributed by atoms with E-state index in [2.05, 4.69) is 16.3 Å². The summed E-state index contributed by atoms with van der Waals surface area (Å²) in [6.45, 7) is 7.78. The predicted octanol–water partition coefficient (Wildman–Crippen LogP) is 3.19. The second-order valence-corrected chi connectivity index (χ2v) is 8.96. The maximum absolute atomic E-state index is 12.9. The fraction of sp³-hybridized carbons (Fsp3) is 0.478. The molecule has 2 unspecified atom stereocenters. The Morgan fingerprint density at radius 1 is 1.33 bits per heavy atom. The minimum absolute atomic E-state index is 0.212. The lowest BCUT2D eigenvalue weighted by Gasteiger charge is -2.32. The molecule has 0 spiro atoms. The fourth-order valence-corrected chi connectivity index (χ4v) is 4.17. The highest BCUT2D eigenvalue weighted by Crippen LogP contribution is 2.49. The molecule has 1 aromatic heterocycles. The average Bonchev–Trinajstić information content (AvgIpc) is 3.23. The van der Waals surface area contributed by atoms with Crippen molar-refractivity contribution in [3.63, 3.8) is 0 Å². The van der Waals surface area contributed by atoms with Gasteiger partial charge in [0.15, 0.2) is 11.5 Å². The summed E-state index contributed by atoms with van der Waals surface area (Å²) < 4.78 is 22.3. The van der Waals surface area contributed by atoms with Crippen LogP contribution in [0.2, 0.25) is 0 Å². The zero-order chi connectivity index (χ0) is 23.8. The fourth-order valence-electron chi connectivity index (χ4n) is 4.17. The number of carbonyl (C=O) groups excluding carboxylic acids is 1. The Morgan fingerprint density at radius 3 is 2.70 bits per heavy atom. The van der Waals surface area contributed by atoms with Crippen molar-refractivity contribution in [1.29, 1.82) is 10.7 Å². The van der Waals surface area contributed by atoms with E-state index in [1.807, 2.05) is 20.8 Å². The van der Waals surface area contributed by atoms with Crippen molar-refractivity contribution in [1.82, 2.24) is 15.1 Å². The molecule has 0 saturated carbocycles. The molecule has 2 atom stereocenters. The molecule has 174 valence electrons. The summed E-state index contributed by atoms with van der Waals surface area (Å²) >= 11 is 0. The number of amides is 1. The van der Waals surface area contributed by atoms with Gasteiger partial charge in [-0.1, -0.05) is 32.9 Å². The van der Waals surface area contributed by atoms with Crippen molar-refractivity contribution in [2.24, 2.45) is 5.92 Å². The summed E-state index contributed by atoms with van der Waals surface area (Å²) in [7, 11) is 1.49. The van der Waals surface area contributed by atoms with Gasteiger partial charge in [0.05, 0.1) is 26.4 Å². The van der Waals surface area contributed by atoms with Crippen LogP contribution >= 0.6 is 0 Å². The molecule has 2 aliphatic rings. The van der Waals surface area contributed by atoms with Crippen molar-refractivity contribution in [2.75, 3.05) is 33.4 Å². The maximum Gasteiger partial charge on any atom is 0.415 e. The number of carbonyl (C=O) groups is 1. The highest BCUT2D eigenvalue weighted by Gasteiger charge is 2.44. The smallest absolute Gasteiger partial charge is 0.415 e. The van der Waals surface area contributed by atoms with Crippen LogP contribution in [0.15, 0.2) is 18.2 Å². The Morgan fingerprint density at radius 2 is 2.06 bits per heavy atom. The molecule has 1 aromatic carbocycles. The molecule has 1 fully saturated rings. The van der Waals surface area contributed by atoms with E-state index in [1.165, 1.54) is 7.11 Å². The quantitative estimate of drug-likeness (QED) is 0.729. The van der Waals surface area contributed by atoms with Gasteiger partial charge >= 0.3 is 6.09 Å². The first kappa shape index (κ1) is 22.6. The van der Waals surface area contributed by atoms with Crippen molar-refractivity contribution < 1.29 is 23.7 Å². The summed E-state index contributed by atoms with van der Waals surface area (Å²) in [6.07, 6.45) is -0.525. The Bertz CT molecular complexity index is 1110. The number of fused-ring (bicyclic) bond motifs is 1. The largest absolute Gasteiger partial charge is 0.493 e. The number of methoxy groups -OCH3 is 1. The number of aromatic amines is 1. The van der Waals surface area contributed by atoms with E-state index in [4.69, 9.17) is 24.4 Å². The highest BCUT2D eigenvalue weighted by molar-refractivity contribution is 5.85. The van der Waals surface area contributed by atoms with E-state index in [0.717, 1.165) is 5.69 Å². The zero-order valence-electron chi connectivity index (χ0n) is 19.1. The van der Waals surface area contributed by atoms with E-state index < -0.39 is 17.9 Å². The van der Waals surface area contributed by atoms with Crippen LogP contribution in [-0.2, 0) is 10.2 Å². The molecule has 1 saturated heterocycles. The van der Waals surface area contributed by atoms with Crippen LogP contribution in [0, 0.1) is 22.7 Å². The maximum atomic E-state index is 12.9. The van der Waals surface area contributed by atoms with Gasteiger partial charge in [0.1, 0.15) is 5.92 Å². The van der Waals surface area contributed by atoms with Crippen LogP contribution in [-0.4, -0.2) is 60.5 Å². The minimum Gasteiger partial charge on any atom is -0.493 e. The average molecular weight is 453 g/mol. The standard InChI is InChI=1S/C23H27N5O5/c1-23(2,3)19-17-16(14(12-24)20(25)33-21(17)27-26-19)13-6-5-7-15(30-4)18(13)32-22(29)28-8-10-31-11-9-28/h5-7,14,16,25H,8-11H2,1-4H3,(H,26,27). The molecular weight excluding hydrogens is 426 g/mol. The van der Waals surface area contributed by atoms with Gasteiger partial charge in [-0.05, 0) is 6.07 Å². The Balaban J connectivity index is 1.86. The normalized spacial score (nSPS) is 20.5. The van der Waals surface area contributed by atoms with Crippen molar-refractivity contribution >= 4 is 12.0 Å². The summed E-state index contributed by atoms with van der Waals surface area (Å²) in [4.78, 5) is 14.5. The van der Waals surface area contributed by atoms with E-state index >= 15 is 0 Å². The van der Waals surface area contributed by atoms with Gasteiger partial charge in [0.2, 0.25) is 11.8 Å². The van der Waals surface area contributed by atoms with Crippen LogP contribution < -0.4 is 14.2 Å². The predicted molar refractivity (Wildman–Crippen MR) is 118 cm³/mol. The number of para-hydroxylation sites is 1. The van der Waals surface area contributed by atoms with Gasteiger partial charge in [-0.2, -0.15) is 5.26 Å². The topological polar surface area (TPSA) is 134 Å². The van der Waals surface area contributed by atoms with Gasteiger partial charge in [-0.3, -0.25) is 10.5 Å². The number of rotatable bonds is 3. The third kappa shape index (κ3) is 4.12. The van der Waals surface area contributed by atoms with Gasteiger partial charge in [-0.15, -0.1) is 5.10 Å². The second-order valence-electron chi connectivity index (χ2n) is 8.96. The van der Waals surface area contributed by atoms with Crippen LogP contribution in [0.3, 0.4) is 0 Å². The number of ether oxygens (including phenoxy) is 4. The molecule has 2 N–H and O–H groups in total. The van der Waals surface area contributed by atoms with Crippen molar-refractivity contribution in [3.05, 3.63) is 35.0 Å². The van der Waals surface area contributed by atoms with Crippen molar-refractivity contribution in [3.8, 4) is 23.4 Å². The Hall–Kier alpha value is -3.58. The first-order valence-corrected chi connectivity index (χ1v) is 10.7. The molecule has 2 aliphatic heterocycles. The molecule has 3 heterocycles. The Kier molecular flexibility index (Phi) is 5.99. The van der Waals surface area contributed by atoms with E-state index in [0.29, 0.717) is 43.2 Å². The van der Waals surface area contributed by atoms with Crippen molar-refractivity contribution in [2.45, 2.75) is 32.1 Å². The number of morpholine rings is 1. The molecule has 0 bridgehead atoms. The highest BCUT2D eigenvalue weighted by atomic mass is 16.6. The summed E-state index contributed by atoms with van der Waals surface area (Å²) in [5.74, 6) is -0.995. The molecule has 0 aliphatic carbocycles. The number of hydrogen-bond acceptors (Lipinski definition) is 8. The van der Waals surface area contributed by atoms with Crippen LogP contribution in [0.5, 0.6) is 17.4 Å². The van der Waals surface area contributed by atoms with Crippen LogP contribution in [0.1, 0.15) is 43.5 Å². The molecule has 2 aromatic rings. The number of benzene rings is 1. The number of aromatic nitrogens is 2. The number of nitriles is 1. The molecule has 0 radical (unpaired) electrons. The molecular formula is C23H27N5O5. The van der Waals surface area contributed by atoms with E-state index in [-0.39, 0.29) is 22.9 Å². The third-order valence-electron chi connectivity index (χ3n) is 5.81. The molecule has 4 rings (SSSR count). The lowest BCUT2D eigenvalue weighted by atomic mass is 9.75. The molecule has 33 heavy (non-hydrogen) atoms. The van der Waals surface area contributed by atoms with Gasteiger partial charge in [0.25, 0.3) is 0 Å². The number of H-pyrrole nitrogens is 1. The Labute approximate surface area is 191 Å². The summed E-state index contributed by atoms with van der Waals surface area (Å²) in [6, 6.07) is 7.43. The molecule has 10 nitrogen and oxygen atoms in total. The van der Waals surface area contributed by atoms with Gasteiger partial charge < -0.3 is 23.8 Å². The molecule has 1 amide bonds. The summed E-state index contributed by atoms with van der Waals surface area (Å²) in [5, 5.41) is 25.6. The zero-order valence-corrected chi connectivity index (χ0v) is 19.1. The van der Waals surface area contributed by atoms with E-state index in [1.54, 1.807) is 23.1 Å². The monoisotopic (exact) mass is 453 g/mol. The van der Waals surface area contributed by atoms with E-state index in [9.17, 15) is 10.1 Å². The van der Waals surface area contributed by atoms with Crippen LogP contribution in [0.25, 0.3) is 0 Å². The number of nitrogens with one attached hydrogen (secondary N) is 2. The SMILES string of the molecule is COc1cccc(C2c3c(n[nH]c3C(C)(C)C)OC(=N)C2C#N)c1OC(=O)N1CCOCC1. The minimum atomic E-state index is -0.941. The van der Waals surface area contributed by atoms with Gasteiger partial charge in [-0.25, -0.2) is 4.79 Å².